The van der Waals surface area contributed by atoms with E-state index >= 15 is 0 Å². The van der Waals surface area contributed by atoms with Gasteiger partial charge in [-0.05, 0) is 36.5 Å². The molecule has 1 fully saturated rings. The molecule has 0 N–H and O–H groups in total. The molecule has 0 bridgehead atoms. The molecule has 0 unspecified atom stereocenters. The maximum Gasteiger partial charge on any atom is 0.345 e. The number of hydrogen-bond acceptors (Lipinski definition) is 4. The zero-order chi connectivity index (χ0) is 23.2. The minimum Gasteiger partial charge on any atom is -0.383 e. The van der Waals surface area contributed by atoms with Crippen LogP contribution in [0, 0.1) is 0 Å². The van der Waals surface area contributed by atoms with Gasteiger partial charge in [0.1, 0.15) is 5.82 Å². The number of benzene rings is 2. The van der Waals surface area contributed by atoms with E-state index in [2.05, 4.69) is 29.4 Å². The molecule has 33 heavy (non-hydrogen) atoms. The molecule has 7 heteroatoms. The number of hydrogen-bond donors (Lipinski definition) is 0. The molecule has 1 saturated heterocycles. The van der Waals surface area contributed by atoms with E-state index < -0.39 is 0 Å². The van der Waals surface area contributed by atoms with Crippen LogP contribution in [0.4, 0.5) is 0 Å². The molecule has 174 valence electrons. The van der Waals surface area contributed by atoms with Crippen LogP contribution in [-0.4, -0.2) is 52.0 Å². The molecular formula is C26H32N4O3. The number of carbonyl (C=O) groups excluding carboxylic acids is 1. The Balaban J connectivity index is 1.35. The largest absolute Gasteiger partial charge is 0.383 e. The highest BCUT2D eigenvalue weighted by atomic mass is 16.5. The Hall–Kier alpha value is -3.19. The minimum atomic E-state index is -0.0815. The van der Waals surface area contributed by atoms with Gasteiger partial charge in [0, 0.05) is 32.7 Å². The average molecular weight is 449 g/mol. The number of aromatic nitrogens is 3. The van der Waals surface area contributed by atoms with Crippen molar-refractivity contribution in [2.75, 3.05) is 26.8 Å². The summed E-state index contributed by atoms with van der Waals surface area (Å²) in [5.74, 6) is 1.18. The van der Waals surface area contributed by atoms with Gasteiger partial charge in [-0.3, -0.25) is 9.36 Å². The van der Waals surface area contributed by atoms with Crippen LogP contribution in [0.2, 0.25) is 0 Å². The van der Waals surface area contributed by atoms with Crippen molar-refractivity contribution in [3.05, 3.63) is 76.5 Å². The summed E-state index contributed by atoms with van der Waals surface area (Å²) in [6.45, 7) is 4.85. The third kappa shape index (κ3) is 5.25. The SMILES string of the molecule is CCn1c(C2CCN(C(=O)Cc3ccc(-c4ccccc4)cc3)CC2)nn(CCOC)c1=O. The highest BCUT2D eigenvalue weighted by Crippen LogP contribution is 2.27. The molecule has 3 aromatic rings. The number of methoxy groups -OCH3 is 1. The van der Waals surface area contributed by atoms with Crippen LogP contribution in [0.15, 0.2) is 59.4 Å². The molecule has 2 heterocycles. The van der Waals surface area contributed by atoms with Crippen molar-refractivity contribution in [1.82, 2.24) is 19.2 Å². The topological polar surface area (TPSA) is 69.4 Å². The van der Waals surface area contributed by atoms with Gasteiger partial charge in [-0.25, -0.2) is 9.48 Å². The van der Waals surface area contributed by atoms with Crippen LogP contribution < -0.4 is 5.69 Å². The zero-order valence-corrected chi connectivity index (χ0v) is 19.4. The van der Waals surface area contributed by atoms with Crippen LogP contribution in [0.3, 0.4) is 0 Å². The van der Waals surface area contributed by atoms with Crippen molar-refractivity contribution in [3.63, 3.8) is 0 Å². The lowest BCUT2D eigenvalue weighted by molar-refractivity contribution is -0.131. The smallest absolute Gasteiger partial charge is 0.345 e. The fourth-order valence-corrected chi connectivity index (χ4v) is 4.50. The lowest BCUT2D eigenvalue weighted by atomic mass is 9.95. The molecular weight excluding hydrogens is 416 g/mol. The normalized spacial score (nSPS) is 14.5. The average Bonchev–Trinajstić information content (AvgIpc) is 3.18. The summed E-state index contributed by atoms with van der Waals surface area (Å²) < 4.78 is 8.35. The molecule has 1 aliphatic heterocycles. The molecule has 4 rings (SSSR count). The minimum absolute atomic E-state index is 0.0815. The summed E-state index contributed by atoms with van der Waals surface area (Å²) >= 11 is 0. The number of likely N-dealkylation sites (tertiary alicyclic amines) is 1. The van der Waals surface area contributed by atoms with E-state index in [-0.39, 0.29) is 17.5 Å². The summed E-state index contributed by atoms with van der Waals surface area (Å²) in [4.78, 5) is 27.4. The van der Waals surface area contributed by atoms with E-state index in [1.54, 1.807) is 11.7 Å². The van der Waals surface area contributed by atoms with E-state index in [1.165, 1.54) is 10.2 Å². The predicted molar refractivity (Wildman–Crippen MR) is 128 cm³/mol. The van der Waals surface area contributed by atoms with Gasteiger partial charge in [0.05, 0.1) is 19.6 Å². The van der Waals surface area contributed by atoms with E-state index in [1.807, 2.05) is 42.2 Å². The third-order valence-electron chi connectivity index (χ3n) is 6.40. The van der Waals surface area contributed by atoms with Crippen LogP contribution >= 0.6 is 0 Å². The number of piperidine rings is 1. The van der Waals surface area contributed by atoms with Gasteiger partial charge in [-0.2, -0.15) is 5.10 Å². The second-order valence-electron chi connectivity index (χ2n) is 8.50. The number of ether oxygens (including phenoxy) is 1. The van der Waals surface area contributed by atoms with Gasteiger partial charge in [0.15, 0.2) is 0 Å². The second kappa shape index (κ2) is 10.6. The maximum atomic E-state index is 12.9. The molecule has 0 spiro atoms. The van der Waals surface area contributed by atoms with Crippen molar-refractivity contribution in [1.29, 1.82) is 0 Å². The van der Waals surface area contributed by atoms with E-state index in [4.69, 9.17) is 4.74 Å². The maximum absolute atomic E-state index is 12.9. The number of amides is 1. The van der Waals surface area contributed by atoms with Gasteiger partial charge in [-0.15, -0.1) is 0 Å². The first-order valence-corrected chi connectivity index (χ1v) is 11.7. The highest BCUT2D eigenvalue weighted by Gasteiger charge is 2.28. The number of nitrogens with zero attached hydrogens (tertiary/aromatic N) is 4. The van der Waals surface area contributed by atoms with E-state index in [0.29, 0.717) is 39.2 Å². The lowest BCUT2D eigenvalue weighted by Gasteiger charge is -2.31. The molecule has 2 aromatic carbocycles. The Morgan fingerprint density at radius 2 is 1.70 bits per heavy atom. The monoisotopic (exact) mass is 448 g/mol. The van der Waals surface area contributed by atoms with Crippen LogP contribution in [0.5, 0.6) is 0 Å². The first kappa shape index (κ1) is 23.0. The quantitative estimate of drug-likeness (QED) is 0.530. The van der Waals surface area contributed by atoms with E-state index in [9.17, 15) is 9.59 Å². The Bertz CT molecular complexity index is 1110. The first-order valence-electron chi connectivity index (χ1n) is 11.7. The summed E-state index contributed by atoms with van der Waals surface area (Å²) in [6, 6.07) is 18.5. The van der Waals surface area contributed by atoms with Crippen LogP contribution in [0.1, 0.15) is 37.1 Å². The highest BCUT2D eigenvalue weighted by molar-refractivity contribution is 5.79. The standard InChI is InChI=1S/C26H32N4O3/c1-3-29-25(27-30(26(29)32)17-18-33-2)23-13-15-28(16-14-23)24(31)19-20-9-11-22(12-10-20)21-7-5-4-6-8-21/h4-12,23H,3,13-19H2,1-2H3. The number of carbonyl (C=O) groups is 1. The van der Waals surface area contributed by atoms with E-state index in [0.717, 1.165) is 29.8 Å². The van der Waals surface area contributed by atoms with Gasteiger partial charge < -0.3 is 9.64 Å². The summed E-state index contributed by atoms with van der Waals surface area (Å²) in [6.07, 6.45) is 2.05. The Morgan fingerprint density at radius 3 is 2.33 bits per heavy atom. The lowest BCUT2D eigenvalue weighted by Crippen LogP contribution is -2.39. The van der Waals surface area contributed by atoms with Crippen molar-refractivity contribution >= 4 is 5.91 Å². The van der Waals surface area contributed by atoms with Gasteiger partial charge >= 0.3 is 5.69 Å². The zero-order valence-electron chi connectivity index (χ0n) is 19.4. The first-order chi connectivity index (χ1) is 16.1. The molecule has 7 nitrogen and oxygen atoms in total. The van der Waals surface area contributed by atoms with Crippen molar-refractivity contribution in [2.24, 2.45) is 0 Å². The van der Waals surface area contributed by atoms with Crippen molar-refractivity contribution in [2.45, 2.75) is 45.2 Å². The Morgan fingerprint density at radius 1 is 1.03 bits per heavy atom. The van der Waals surface area contributed by atoms with Crippen molar-refractivity contribution in [3.8, 4) is 11.1 Å². The number of rotatable bonds is 8. The fourth-order valence-electron chi connectivity index (χ4n) is 4.50. The predicted octanol–water partition coefficient (Wildman–Crippen LogP) is 3.33. The molecule has 0 aliphatic carbocycles. The molecule has 1 aromatic heterocycles. The third-order valence-corrected chi connectivity index (χ3v) is 6.40. The second-order valence-corrected chi connectivity index (χ2v) is 8.50. The van der Waals surface area contributed by atoms with Gasteiger partial charge in [-0.1, -0.05) is 54.6 Å². The molecule has 0 radical (unpaired) electrons. The van der Waals surface area contributed by atoms with Gasteiger partial charge in [0.25, 0.3) is 0 Å². The molecule has 1 aliphatic rings. The van der Waals surface area contributed by atoms with Crippen molar-refractivity contribution < 1.29 is 9.53 Å². The molecule has 0 atom stereocenters. The Labute approximate surface area is 194 Å². The molecule has 0 saturated carbocycles. The summed E-state index contributed by atoms with van der Waals surface area (Å²) in [7, 11) is 1.62. The Kier molecular flexibility index (Phi) is 7.40. The fraction of sp³-hybridized carbons (Fsp3) is 0.423. The van der Waals surface area contributed by atoms with Crippen LogP contribution in [0.25, 0.3) is 11.1 Å². The van der Waals surface area contributed by atoms with Crippen LogP contribution in [-0.2, 0) is 29.0 Å². The summed E-state index contributed by atoms with van der Waals surface area (Å²) in [5.41, 5.74) is 3.27. The molecule has 1 amide bonds. The summed E-state index contributed by atoms with van der Waals surface area (Å²) in [5, 5.41) is 4.60. The van der Waals surface area contributed by atoms with Gasteiger partial charge in [0.2, 0.25) is 5.91 Å².